The molecule has 1 saturated carbocycles. The van der Waals surface area contributed by atoms with Gasteiger partial charge in [-0.25, -0.2) is 9.59 Å². The van der Waals surface area contributed by atoms with Crippen LogP contribution in [-0.2, 0) is 4.84 Å². The lowest BCUT2D eigenvalue weighted by Crippen LogP contribution is -2.37. The summed E-state index contributed by atoms with van der Waals surface area (Å²) in [4.78, 5) is 55.4. The molecular formula is C26H21Cl3N2O6. The fourth-order valence-electron chi connectivity index (χ4n) is 4.04. The van der Waals surface area contributed by atoms with Crippen molar-refractivity contribution < 1.29 is 23.6 Å². The molecule has 0 aliphatic heterocycles. The van der Waals surface area contributed by atoms with Gasteiger partial charge in [0.1, 0.15) is 11.1 Å². The first kappa shape index (κ1) is 26.9. The summed E-state index contributed by atoms with van der Waals surface area (Å²) in [6.07, 6.45) is 3.73. The lowest BCUT2D eigenvalue weighted by molar-refractivity contribution is 0.103. The van der Waals surface area contributed by atoms with E-state index in [1.807, 2.05) is 0 Å². The number of hydrogen-bond acceptors (Lipinski definition) is 7. The van der Waals surface area contributed by atoms with Crippen molar-refractivity contribution >= 4 is 69.1 Å². The number of benzene rings is 2. The number of nitrogens with zero attached hydrogens (tertiary/aromatic N) is 1. The van der Waals surface area contributed by atoms with Crippen molar-refractivity contribution in [2.45, 2.75) is 41.9 Å². The molecule has 3 aromatic rings. The second-order valence-electron chi connectivity index (χ2n) is 8.52. The largest absolute Gasteiger partial charge is 0.433 e. The summed E-state index contributed by atoms with van der Waals surface area (Å²) < 4.78 is 2.89. The maximum Gasteiger partial charge on any atom is 0.433 e. The molecule has 11 heteroatoms. The third kappa shape index (κ3) is 6.57. The Labute approximate surface area is 226 Å². The number of alkyl halides is 3. The fourth-order valence-corrected chi connectivity index (χ4v) is 4.40. The van der Waals surface area contributed by atoms with Gasteiger partial charge in [-0.3, -0.25) is 14.4 Å². The predicted molar refractivity (Wildman–Crippen MR) is 141 cm³/mol. The Hall–Kier alpha value is -3.20. The van der Waals surface area contributed by atoms with Gasteiger partial charge < -0.3 is 9.73 Å². The number of carbonyl (C=O) groups is 3. The molecule has 37 heavy (non-hydrogen) atoms. The summed E-state index contributed by atoms with van der Waals surface area (Å²) >= 11 is 17.7. The Morgan fingerprint density at radius 2 is 1.65 bits per heavy atom. The maximum absolute atomic E-state index is 13.1. The van der Waals surface area contributed by atoms with Gasteiger partial charge in [-0.05, 0) is 25.0 Å². The van der Waals surface area contributed by atoms with Crippen LogP contribution in [0.15, 0.2) is 69.0 Å². The summed E-state index contributed by atoms with van der Waals surface area (Å²) in [5.74, 6) is -1.36. The van der Waals surface area contributed by atoms with Gasteiger partial charge in [-0.15, -0.1) is 0 Å². The summed E-state index contributed by atoms with van der Waals surface area (Å²) in [6, 6.07) is 14.2. The molecule has 1 heterocycles. The second kappa shape index (κ2) is 11.5. The minimum Gasteiger partial charge on any atom is -0.422 e. The molecule has 1 fully saturated rings. The highest BCUT2D eigenvalue weighted by Gasteiger charge is 2.37. The molecule has 192 valence electrons. The average Bonchev–Trinajstić information content (AvgIpc) is 2.87. The van der Waals surface area contributed by atoms with Gasteiger partial charge in [0.05, 0.1) is 0 Å². The van der Waals surface area contributed by atoms with Gasteiger partial charge in [-0.2, -0.15) is 0 Å². The van der Waals surface area contributed by atoms with Crippen molar-refractivity contribution in [3.63, 3.8) is 0 Å². The first-order chi connectivity index (χ1) is 17.6. The Morgan fingerprint density at radius 3 is 2.32 bits per heavy atom. The average molecular weight is 564 g/mol. The van der Waals surface area contributed by atoms with Crippen LogP contribution < -0.4 is 10.9 Å². The number of ketones is 2. The van der Waals surface area contributed by atoms with Crippen LogP contribution in [0.5, 0.6) is 0 Å². The van der Waals surface area contributed by atoms with Gasteiger partial charge in [-0.1, -0.05) is 102 Å². The molecule has 4 rings (SSSR count). The van der Waals surface area contributed by atoms with Crippen LogP contribution in [0.1, 0.15) is 58.4 Å². The number of amides is 1. The second-order valence-corrected chi connectivity index (χ2v) is 10.8. The molecule has 0 spiro atoms. The SMILES string of the molecule is O=C(NC1CCCCC1)O/N=C(\C(=O)c1cc2ccc(C(=O)c3ccccc3)cc2oc1=O)C(Cl)(Cl)Cl. The van der Waals surface area contributed by atoms with Gasteiger partial charge >= 0.3 is 11.7 Å². The maximum atomic E-state index is 13.1. The molecule has 8 nitrogen and oxygen atoms in total. The number of hydrogen-bond donors (Lipinski definition) is 1. The lowest BCUT2D eigenvalue weighted by Gasteiger charge is -2.21. The van der Waals surface area contributed by atoms with E-state index in [-0.39, 0.29) is 17.4 Å². The van der Waals surface area contributed by atoms with Crippen molar-refractivity contribution in [3.05, 3.63) is 81.7 Å². The molecule has 0 radical (unpaired) electrons. The molecule has 1 aromatic heterocycles. The molecule has 1 aliphatic rings. The minimum atomic E-state index is -2.41. The predicted octanol–water partition coefficient (Wildman–Crippen LogP) is 5.99. The minimum absolute atomic E-state index is 0.0745. The summed E-state index contributed by atoms with van der Waals surface area (Å²) in [7, 11) is 0. The molecule has 0 atom stereocenters. The van der Waals surface area contributed by atoms with Crippen molar-refractivity contribution in [2.24, 2.45) is 5.16 Å². The van der Waals surface area contributed by atoms with Crippen LogP contribution in [0.3, 0.4) is 0 Å². The van der Waals surface area contributed by atoms with E-state index in [0.717, 1.165) is 32.1 Å². The molecule has 0 saturated heterocycles. The fraction of sp³-hybridized carbons (Fsp3) is 0.269. The van der Waals surface area contributed by atoms with E-state index in [1.54, 1.807) is 30.3 Å². The van der Waals surface area contributed by atoms with Crippen molar-refractivity contribution in [1.82, 2.24) is 5.32 Å². The third-order valence-corrected chi connectivity index (χ3v) is 6.45. The third-order valence-electron chi connectivity index (χ3n) is 5.91. The summed E-state index contributed by atoms with van der Waals surface area (Å²) in [5.41, 5.74) is -1.49. The van der Waals surface area contributed by atoms with E-state index >= 15 is 0 Å². The van der Waals surface area contributed by atoms with Gasteiger partial charge in [0, 0.05) is 22.6 Å². The molecule has 1 aliphatic carbocycles. The Balaban J connectivity index is 1.59. The van der Waals surface area contributed by atoms with Crippen LogP contribution in [0.2, 0.25) is 0 Å². The number of fused-ring (bicyclic) bond motifs is 1. The molecule has 0 bridgehead atoms. The number of rotatable bonds is 6. The van der Waals surface area contributed by atoms with Crippen LogP contribution in [0, 0.1) is 0 Å². The molecule has 2 aromatic carbocycles. The smallest absolute Gasteiger partial charge is 0.422 e. The quantitative estimate of drug-likeness (QED) is 0.0983. The van der Waals surface area contributed by atoms with Gasteiger partial charge in [0.15, 0.2) is 11.5 Å². The zero-order valence-corrected chi connectivity index (χ0v) is 21.6. The van der Waals surface area contributed by atoms with Crippen molar-refractivity contribution in [3.8, 4) is 0 Å². The number of carbonyl (C=O) groups excluding carboxylic acids is 3. The Morgan fingerprint density at radius 1 is 0.946 bits per heavy atom. The Bertz CT molecular complexity index is 1420. The summed E-state index contributed by atoms with van der Waals surface area (Å²) in [6.45, 7) is 0. The summed E-state index contributed by atoms with van der Waals surface area (Å²) in [5, 5.41) is 6.45. The first-order valence-electron chi connectivity index (χ1n) is 11.5. The monoisotopic (exact) mass is 562 g/mol. The normalized spacial score (nSPS) is 14.8. The number of nitrogens with one attached hydrogen (secondary N) is 1. The van der Waals surface area contributed by atoms with E-state index < -0.39 is 32.6 Å². The first-order valence-corrected chi connectivity index (χ1v) is 12.6. The molecule has 0 unspecified atom stereocenters. The van der Waals surface area contributed by atoms with E-state index in [2.05, 4.69) is 10.5 Å². The molecule has 1 N–H and O–H groups in total. The van der Waals surface area contributed by atoms with Crippen LogP contribution in [-0.4, -0.2) is 33.2 Å². The van der Waals surface area contributed by atoms with Crippen LogP contribution in [0.25, 0.3) is 11.0 Å². The van der Waals surface area contributed by atoms with E-state index in [0.29, 0.717) is 16.5 Å². The van der Waals surface area contributed by atoms with E-state index in [1.165, 1.54) is 24.3 Å². The zero-order chi connectivity index (χ0) is 26.6. The van der Waals surface area contributed by atoms with Crippen molar-refractivity contribution in [2.75, 3.05) is 0 Å². The standard InChI is InChI=1S/C26H21Cl3N2O6/c27-26(28,29)23(31-37-25(35)30-18-9-5-2-6-10-18)22(33)19-13-16-11-12-17(14-20(16)36-24(19)34)21(32)15-7-3-1-4-8-15/h1,3-4,7-8,11-14,18H,2,5-6,9-10H2,(H,30,35)/b31-23+. The zero-order valence-electron chi connectivity index (χ0n) is 19.3. The highest BCUT2D eigenvalue weighted by Crippen LogP contribution is 2.30. The van der Waals surface area contributed by atoms with E-state index in [4.69, 9.17) is 44.1 Å². The van der Waals surface area contributed by atoms with Gasteiger partial charge in [0.25, 0.3) is 0 Å². The van der Waals surface area contributed by atoms with Crippen molar-refractivity contribution in [1.29, 1.82) is 0 Å². The lowest BCUT2D eigenvalue weighted by atomic mass is 9.96. The number of Topliss-reactive ketones (excluding diaryl/α,β-unsaturated/α-hetero) is 1. The highest BCUT2D eigenvalue weighted by molar-refractivity contribution is 6.83. The van der Waals surface area contributed by atoms with E-state index in [9.17, 15) is 19.2 Å². The van der Waals surface area contributed by atoms with Crippen LogP contribution in [0.4, 0.5) is 4.79 Å². The van der Waals surface area contributed by atoms with Crippen LogP contribution >= 0.6 is 34.8 Å². The molecule has 1 amide bonds. The number of oxime groups is 1. The Kier molecular flexibility index (Phi) is 8.32. The molecular weight excluding hydrogens is 543 g/mol. The topological polar surface area (TPSA) is 115 Å². The number of halogens is 3. The highest BCUT2D eigenvalue weighted by atomic mass is 35.6. The van der Waals surface area contributed by atoms with Gasteiger partial charge in [0.2, 0.25) is 9.58 Å².